The van der Waals surface area contributed by atoms with Gasteiger partial charge < -0.3 is 50.5 Å². The molecule has 6 rings (SSSR count). The Labute approximate surface area is 304 Å². The number of rotatable bonds is 7. The Morgan fingerprint density at radius 3 is 2.28 bits per heavy atom. The zero-order chi connectivity index (χ0) is 38.3. The molecule has 0 saturated carbocycles. The molecule has 2 saturated heterocycles. The van der Waals surface area contributed by atoms with Gasteiger partial charge >= 0.3 is 25.1 Å². The van der Waals surface area contributed by atoms with Crippen LogP contribution in [0.4, 0.5) is 18.4 Å². The van der Waals surface area contributed by atoms with Gasteiger partial charge in [-0.1, -0.05) is 17.7 Å². The van der Waals surface area contributed by atoms with Crippen molar-refractivity contribution < 1.29 is 62.9 Å². The van der Waals surface area contributed by atoms with Gasteiger partial charge in [0.05, 0.1) is 11.0 Å². The molecule has 3 heterocycles. The number of nitrogens with one attached hydrogen (secondary N) is 2. The normalized spacial score (nSPS) is 18.0. The lowest BCUT2D eigenvalue weighted by Crippen LogP contribution is -2.56. The monoisotopic (exact) mass is 757 g/mol. The van der Waals surface area contributed by atoms with Gasteiger partial charge in [-0.15, -0.1) is 0 Å². The van der Waals surface area contributed by atoms with E-state index in [9.17, 15) is 58.2 Å². The number of aromatic hydroxyl groups is 3. The first-order chi connectivity index (χ1) is 25.2. The lowest BCUT2D eigenvalue weighted by atomic mass is 9.72. The molecular weight excluding hydrogens is 727 g/mol. The first kappa shape index (κ1) is 37.0. The largest absolute Gasteiger partial charge is 0.547 e. The number of imide groups is 1. The Bertz CT molecular complexity index is 2000. The van der Waals surface area contributed by atoms with E-state index in [0.717, 1.165) is 11.0 Å². The smallest absolute Gasteiger partial charge is 0.534 e. The summed E-state index contributed by atoms with van der Waals surface area (Å²) in [6.07, 6.45) is 0.506. The van der Waals surface area contributed by atoms with Crippen LogP contribution in [0.2, 0.25) is 5.02 Å². The molecule has 0 bridgehead atoms. The average molecular weight is 758 g/mol. The number of carbonyl (C=O) groups is 5. The highest BCUT2D eigenvalue weighted by Crippen LogP contribution is 2.41. The molecular formula is C33H31BClF2N5O11. The molecule has 0 aliphatic carbocycles. The highest BCUT2D eigenvalue weighted by molar-refractivity contribution is 6.47. The maximum atomic E-state index is 14.7. The molecule has 0 radical (unpaired) electrons. The fraction of sp³-hybridized carbons (Fsp3) is 0.303. The van der Waals surface area contributed by atoms with Crippen molar-refractivity contribution in [2.75, 3.05) is 26.2 Å². The maximum absolute atomic E-state index is 14.7. The molecule has 53 heavy (non-hydrogen) atoms. The van der Waals surface area contributed by atoms with Gasteiger partial charge in [-0.25, -0.2) is 28.1 Å². The number of halogens is 3. The van der Waals surface area contributed by atoms with Gasteiger partial charge in [-0.05, 0) is 61.2 Å². The van der Waals surface area contributed by atoms with Crippen molar-refractivity contribution in [3.8, 4) is 23.0 Å². The number of carboxylic acid groups (broad SMARTS) is 1. The Kier molecular flexibility index (Phi) is 10.2. The number of likely N-dealkylation sites (tertiary alicyclic amines) is 1. The van der Waals surface area contributed by atoms with E-state index in [1.54, 1.807) is 4.90 Å². The van der Waals surface area contributed by atoms with E-state index in [0.29, 0.717) is 37.6 Å². The molecule has 3 aromatic rings. The fourth-order valence-electron chi connectivity index (χ4n) is 6.59. The summed E-state index contributed by atoms with van der Waals surface area (Å²) in [7, 11) is -1.93. The minimum atomic E-state index is -1.96. The van der Waals surface area contributed by atoms with Gasteiger partial charge in [0.25, 0.3) is 5.91 Å². The first-order valence-corrected chi connectivity index (χ1v) is 16.6. The van der Waals surface area contributed by atoms with Crippen LogP contribution in [0.5, 0.6) is 23.0 Å². The second-order valence-electron chi connectivity index (χ2n) is 12.6. The molecule has 1 unspecified atom stereocenters. The molecule has 2 atom stereocenters. The van der Waals surface area contributed by atoms with E-state index in [4.69, 9.17) is 16.3 Å². The van der Waals surface area contributed by atoms with Gasteiger partial charge in [0.1, 0.15) is 28.9 Å². The van der Waals surface area contributed by atoms with Crippen LogP contribution in [-0.2, 0) is 11.2 Å². The second-order valence-corrected chi connectivity index (χ2v) is 13.0. The van der Waals surface area contributed by atoms with E-state index in [2.05, 4.69) is 10.6 Å². The van der Waals surface area contributed by atoms with Crippen LogP contribution < -0.4 is 15.3 Å². The molecule has 3 aliphatic heterocycles. The predicted octanol–water partition coefficient (Wildman–Crippen LogP) is 2.37. The third kappa shape index (κ3) is 7.16. The number of fused-ring (bicyclic) bond motifs is 1. The summed E-state index contributed by atoms with van der Waals surface area (Å²) in [5.41, 5.74) is -0.887. The SMILES string of the molecule is O=C(O)c1c(F)ccc2c1OB(O)[C@@H](NC(=O)C(NC(=O)N1CCN(C3CCN(C(=O)c4ccc(O)cc4)CC3)C1=O)c1cc(F)c(O)c(O)c1Cl)C2. The van der Waals surface area contributed by atoms with Gasteiger partial charge in [-0.3, -0.25) is 9.59 Å². The van der Waals surface area contributed by atoms with Crippen molar-refractivity contribution in [1.82, 2.24) is 25.3 Å². The number of benzene rings is 3. The summed E-state index contributed by atoms with van der Waals surface area (Å²) in [5.74, 6) is -9.77. The van der Waals surface area contributed by atoms with Crippen LogP contribution in [0.15, 0.2) is 42.5 Å². The number of nitrogens with zero attached hydrogens (tertiary/aromatic N) is 3. The number of carbonyl (C=O) groups excluding carboxylic acids is 4. The molecule has 2 fully saturated rings. The minimum Gasteiger partial charge on any atom is -0.534 e. The fourth-order valence-corrected chi connectivity index (χ4v) is 6.85. The molecule has 0 aromatic heterocycles. The Hall–Kier alpha value is -5.82. The number of piperidine rings is 1. The van der Waals surface area contributed by atoms with Crippen molar-refractivity contribution in [3.63, 3.8) is 0 Å². The number of hydrogen-bond donors (Lipinski definition) is 7. The van der Waals surface area contributed by atoms with Crippen LogP contribution in [0.1, 0.15) is 50.7 Å². The molecule has 7 N–H and O–H groups in total. The summed E-state index contributed by atoms with van der Waals surface area (Å²) in [6.45, 7) is 0.609. The Balaban J connectivity index is 1.17. The third-order valence-corrected chi connectivity index (χ3v) is 9.78. The summed E-state index contributed by atoms with van der Waals surface area (Å²) in [4.78, 5) is 69.3. The highest BCUT2D eigenvalue weighted by Gasteiger charge is 2.43. The van der Waals surface area contributed by atoms with Crippen LogP contribution >= 0.6 is 11.6 Å². The molecule has 16 nitrogen and oxygen atoms in total. The number of hydrogen-bond acceptors (Lipinski definition) is 10. The second kappa shape index (κ2) is 14.7. The Morgan fingerprint density at radius 1 is 0.943 bits per heavy atom. The van der Waals surface area contributed by atoms with E-state index in [1.165, 1.54) is 35.2 Å². The van der Waals surface area contributed by atoms with E-state index in [-0.39, 0.29) is 42.8 Å². The molecule has 6 amide bonds. The van der Waals surface area contributed by atoms with Gasteiger partial charge in [0.2, 0.25) is 5.91 Å². The molecule has 278 valence electrons. The van der Waals surface area contributed by atoms with Crippen LogP contribution in [0.25, 0.3) is 0 Å². The highest BCUT2D eigenvalue weighted by atomic mass is 35.5. The lowest BCUT2D eigenvalue weighted by molar-refractivity contribution is -0.123. The quantitative estimate of drug-likeness (QED) is 0.137. The average Bonchev–Trinajstić information content (AvgIpc) is 3.52. The van der Waals surface area contributed by atoms with Crippen molar-refractivity contribution in [2.24, 2.45) is 0 Å². The molecule has 3 aromatic carbocycles. The zero-order valence-electron chi connectivity index (χ0n) is 27.5. The van der Waals surface area contributed by atoms with Gasteiger partial charge in [-0.2, -0.15) is 0 Å². The summed E-state index contributed by atoms with van der Waals surface area (Å²) >= 11 is 6.19. The summed E-state index contributed by atoms with van der Waals surface area (Å²) in [5, 5.41) is 53.7. The van der Waals surface area contributed by atoms with E-state index in [1.807, 2.05) is 0 Å². The molecule has 3 aliphatic rings. The van der Waals surface area contributed by atoms with Crippen molar-refractivity contribution in [1.29, 1.82) is 0 Å². The van der Waals surface area contributed by atoms with Crippen molar-refractivity contribution >= 4 is 48.6 Å². The van der Waals surface area contributed by atoms with Crippen LogP contribution in [0.3, 0.4) is 0 Å². The summed E-state index contributed by atoms with van der Waals surface area (Å²) in [6, 6.07) is 4.31. The number of phenols is 3. The first-order valence-electron chi connectivity index (χ1n) is 16.2. The van der Waals surface area contributed by atoms with Gasteiger partial charge in [0.15, 0.2) is 17.3 Å². The molecule has 20 heteroatoms. The van der Waals surface area contributed by atoms with Gasteiger partial charge in [0, 0.05) is 43.3 Å². The predicted molar refractivity (Wildman–Crippen MR) is 179 cm³/mol. The van der Waals surface area contributed by atoms with E-state index >= 15 is 0 Å². The van der Waals surface area contributed by atoms with E-state index < -0.39 is 88.1 Å². The number of amides is 6. The number of carboxylic acids is 1. The number of urea groups is 2. The summed E-state index contributed by atoms with van der Waals surface area (Å²) < 4.78 is 34.1. The topological polar surface area (TPSA) is 230 Å². The van der Waals surface area contributed by atoms with Crippen LogP contribution in [0, 0.1) is 11.6 Å². The van der Waals surface area contributed by atoms with Crippen LogP contribution in [-0.4, -0.2) is 115 Å². The zero-order valence-corrected chi connectivity index (χ0v) is 28.2. The lowest BCUT2D eigenvalue weighted by Gasteiger charge is -2.36. The van der Waals surface area contributed by atoms with Crippen molar-refractivity contribution in [3.05, 3.63) is 81.4 Å². The standard InChI is InChI=1S/C33H31BClF2N5O11/c35-24-19(14-21(37)26(44)27(24)45)25(29(46)38-22-13-16-3-6-20(36)23(31(48)49)28(16)53-34(22)52)39-32(50)42-12-11-41(33(42)51)17-7-9-40(10-8-17)30(47)15-1-4-18(43)5-2-15/h1-6,14,17,22,25,43-45,52H,7-13H2,(H,38,46)(H,39,50)(H,48,49)/t22-,25?/m0/s1. The Morgan fingerprint density at radius 2 is 1.62 bits per heavy atom. The number of phenolic OH excluding ortho intramolecular Hbond substituents is 3. The number of aromatic carboxylic acids is 1. The third-order valence-electron chi connectivity index (χ3n) is 9.38. The molecule has 0 spiro atoms. The maximum Gasteiger partial charge on any atom is 0.547 e. The van der Waals surface area contributed by atoms with Crippen molar-refractivity contribution in [2.45, 2.75) is 37.3 Å². The minimum absolute atomic E-state index is 0.0185.